The van der Waals surface area contributed by atoms with Crippen molar-refractivity contribution in [1.82, 2.24) is 5.16 Å². The Labute approximate surface area is 112 Å². The van der Waals surface area contributed by atoms with Gasteiger partial charge in [-0.15, -0.1) is 0 Å². The summed E-state index contributed by atoms with van der Waals surface area (Å²) in [4.78, 5) is 1.97. The van der Waals surface area contributed by atoms with Crippen molar-refractivity contribution in [3.63, 3.8) is 0 Å². The van der Waals surface area contributed by atoms with Crippen LogP contribution in [0.2, 0.25) is 0 Å². The molecule has 0 unspecified atom stereocenters. The zero-order valence-corrected chi connectivity index (χ0v) is 10.7. The van der Waals surface area contributed by atoms with Gasteiger partial charge in [0.05, 0.1) is 0 Å². The molecular formula is C16H14N2O. The van der Waals surface area contributed by atoms with Crippen LogP contribution >= 0.6 is 0 Å². The highest BCUT2D eigenvalue weighted by atomic mass is 16.5. The second kappa shape index (κ2) is 4.98. The maximum atomic E-state index is 5.41. The van der Waals surface area contributed by atoms with E-state index in [0.717, 1.165) is 22.8 Å². The van der Waals surface area contributed by atoms with Crippen LogP contribution in [0.1, 0.15) is 0 Å². The number of para-hydroxylation sites is 1. The Hall–Kier alpha value is -2.55. The highest BCUT2D eigenvalue weighted by Crippen LogP contribution is 2.27. The fourth-order valence-corrected chi connectivity index (χ4v) is 1.95. The number of aromatic nitrogens is 1. The predicted molar refractivity (Wildman–Crippen MR) is 76.4 cm³/mol. The third-order valence-electron chi connectivity index (χ3n) is 3.04. The van der Waals surface area contributed by atoms with Crippen LogP contribution in [0.15, 0.2) is 71.3 Å². The molecule has 0 fully saturated rings. The van der Waals surface area contributed by atoms with Gasteiger partial charge in [-0.3, -0.25) is 0 Å². The third kappa shape index (κ3) is 2.36. The maximum absolute atomic E-state index is 5.41. The van der Waals surface area contributed by atoms with Gasteiger partial charge in [-0.05, 0) is 12.1 Å². The van der Waals surface area contributed by atoms with Gasteiger partial charge in [0.1, 0.15) is 5.69 Å². The SMILES string of the molecule is CN(c1ccccc1)c1cc(-c2ccccc2)no1. The lowest BCUT2D eigenvalue weighted by molar-refractivity contribution is 0.429. The van der Waals surface area contributed by atoms with Crippen LogP contribution in [0.3, 0.4) is 0 Å². The van der Waals surface area contributed by atoms with E-state index in [1.54, 1.807) is 0 Å². The molecule has 0 spiro atoms. The first-order valence-electron chi connectivity index (χ1n) is 6.15. The van der Waals surface area contributed by atoms with Gasteiger partial charge in [0.2, 0.25) is 5.88 Å². The van der Waals surface area contributed by atoms with Crippen molar-refractivity contribution in [3.8, 4) is 11.3 Å². The zero-order chi connectivity index (χ0) is 13.1. The lowest BCUT2D eigenvalue weighted by Gasteiger charge is -2.14. The molecule has 3 heteroatoms. The van der Waals surface area contributed by atoms with Gasteiger partial charge in [0.15, 0.2) is 0 Å². The first-order valence-corrected chi connectivity index (χ1v) is 6.15. The van der Waals surface area contributed by atoms with Crippen molar-refractivity contribution in [2.45, 2.75) is 0 Å². The average Bonchev–Trinajstić information content (AvgIpc) is 2.98. The van der Waals surface area contributed by atoms with Crippen LogP contribution in [-0.2, 0) is 0 Å². The minimum atomic E-state index is 0.727. The van der Waals surface area contributed by atoms with Gasteiger partial charge in [0, 0.05) is 24.4 Å². The highest BCUT2D eigenvalue weighted by molar-refractivity contribution is 5.65. The van der Waals surface area contributed by atoms with E-state index in [-0.39, 0.29) is 0 Å². The molecule has 0 amide bonds. The Morgan fingerprint density at radius 1 is 0.895 bits per heavy atom. The Morgan fingerprint density at radius 3 is 2.21 bits per heavy atom. The minimum Gasteiger partial charge on any atom is -0.338 e. The van der Waals surface area contributed by atoms with Crippen LogP contribution in [-0.4, -0.2) is 12.2 Å². The number of nitrogens with zero attached hydrogens (tertiary/aromatic N) is 2. The van der Waals surface area contributed by atoms with Crippen LogP contribution in [0.4, 0.5) is 11.6 Å². The Morgan fingerprint density at radius 2 is 1.53 bits per heavy atom. The lowest BCUT2D eigenvalue weighted by atomic mass is 10.1. The molecule has 3 aromatic rings. The quantitative estimate of drug-likeness (QED) is 0.700. The van der Waals surface area contributed by atoms with E-state index in [4.69, 9.17) is 4.52 Å². The van der Waals surface area contributed by atoms with Crippen molar-refractivity contribution >= 4 is 11.6 Å². The van der Waals surface area contributed by atoms with Gasteiger partial charge in [-0.1, -0.05) is 53.7 Å². The molecule has 94 valence electrons. The zero-order valence-electron chi connectivity index (χ0n) is 10.7. The third-order valence-corrected chi connectivity index (χ3v) is 3.04. The van der Waals surface area contributed by atoms with E-state index in [0.29, 0.717) is 0 Å². The number of anilines is 2. The second-order valence-electron chi connectivity index (χ2n) is 4.31. The van der Waals surface area contributed by atoms with E-state index in [2.05, 4.69) is 5.16 Å². The van der Waals surface area contributed by atoms with Crippen LogP contribution in [0.5, 0.6) is 0 Å². The summed E-state index contributed by atoms with van der Waals surface area (Å²) >= 11 is 0. The van der Waals surface area contributed by atoms with Gasteiger partial charge < -0.3 is 9.42 Å². The molecule has 1 aromatic heterocycles. The number of hydrogen-bond acceptors (Lipinski definition) is 3. The van der Waals surface area contributed by atoms with Gasteiger partial charge >= 0.3 is 0 Å². The molecule has 3 rings (SSSR count). The molecule has 0 aliphatic heterocycles. The molecule has 0 radical (unpaired) electrons. The molecule has 3 nitrogen and oxygen atoms in total. The summed E-state index contributed by atoms with van der Waals surface area (Å²) in [6.07, 6.45) is 0. The summed E-state index contributed by atoms with van der Waals surface area (Å²) in [5.41, 5.74) is 2.97. The minimum absolute atomic E-state index is 0.727. The van der Waals surface area contributed by atoms with Gasteiger partial charge in [0.25, 0.3) is 0 Å². The Kier molecular flexibility index (Phi) is 3.02. The van der Waals surface area contributed by atoms with E-state index in [1.165, 1.54) is 0 Å². The van der Waals surface area contributed by atoms with Crippen LogP contribution in [0.25, 0.3) is 11.3 Å². The number of hydrogen-bond donors (Lipinski definition) is 0. The average molecular weight is 250 g/mol. The standard InChI is InChI=1S/C16H14N2O/c1-18(14-10-6-3-7-11-14)16-12-15(17-19-16)13-8-4-2-5-9-13/h2-12H,1H3. The molecule has 0 aliphatic rings. The molecule has 0 atom stereocenters. The van der Waals surface area contributed by atoms with Gasteiger partial charge in [-0.2, -0.15) is 0 Å². The smallest absolute Gasteiger partial charge is 0.232 e. The topological polar surface area (TPSA) is 29.3 Å². The first-order chi connectivity index (χ1) is 9.34. The number of rotatable bonds is 3. The summed E-state index contributed by atoms with van der Waals surface area (Å²) < 4.78 is 5.41. The molecule has 19 heavy (non-hydrogen) atoms. The first kappa shape index (κ1) is 11.5. The summed E-state index contributed by atoms with van der Waals surface area (Å²) in [6, 6.07) is 22.0. The number of benzene rings is 2. The molecule has 1 heterocycles. The maximum Gasteiger partial charge on any atom is 0.232 e. The Balaban J connectivity index is 1.90. The van der Waals surface area contributed by atoms with E-state index in [9.17, 15) is 0 Å². The summed E-state index contributed by atoms with van der Waals surface area (Å²) in [5, 5.41) is 4.12. The van der Waals surface area contributed by atoms with E-state index >= 15 is 0 Å². The van der Waals surface area contributed by atoms with Crippen LogP contribution < -0.4 is 4.90 Å². The Bertz CT molecular complexity index is 647. The normalized spacial score (nSPS) is 10.4. The van der Waals surface area contributed by atoms with Crippen molar-refractivity contribution in [3.05, 3.63) is 66.7 Å². The fraction of sp³-hybridized carbons (Fsp3) is 0.0625. The second-order valence-corrected chi connectivity index (χ2v) is 4.31. The molecule has 0 N–H and O–H groups in total. The summed E-state index contributed by atoms with van der Waals surface area (Å²) in [7, 11) is 1.96. The van der Waals surface area contributed by atoms with Crippen molar-refractivity contribution in [2.24, 2.45) is 0 Å². The fourth-order valence-electron chi connectivity index (χ4n) is 1.95. The monoisotopic (exact) mass is 250 g/mol. The van der Waals surface area contributed by atoms with E-state index < -0.39 is 0 Å². The molecule has 0 bridgehead atoms. The van der Waals surface area contributed by atoms with E-state index in [1.807, 2.05) is 78.7 Å². The van der Waals surface area contributed by atoms with Crippen molar-refractivity contribution in [1.29, 1.82) is 0 Å². The van der Waals surface area contributed by atoms with Crippen LogP contribution in [0, 0.1) is 0 Å². The predicted octanol–water partition coefficient (Wildman–Crippen LogP) is 4.11. The van der Waals surface area contributed by atoms with Gasteiger partial charge in [-0.25, -0.2) is 0 Å². The summed E-state index contributed by atoms with van der Waals surface area (Å²) in [6.45, 7) is 0. The van der Waals surface area contributed by atoms with Crippen molar-refractivity contribution < 1.29 is 4.52 Å². The summed E-state index contributed by atoms with van der Waals surface area (Å²) in [5.74, 6) is 0.727. The molecular weight excluding hydrogens is 236 g/mol. The largest absolute Gasteiger partial charge is 0.338 e. The molecule has 2 aromatic carbocycles. The molecule has 0 aliphatic carbocycles. The lowest BCUT2D eigenvalue weighted by Crippen LogP contribution is -2.07. The highest BCUT2D eigenvalue weighted by Gasteiger charge is 2.11. The molecule has 0 saturated carbocycles. The molecule has 0 saturated heterocycles. The van der Waals surface area contributed by atoms with Crippen molar-refractivity contribution in [2.75, 3.05) is 11.9 Å².